The molecule has 2 heterocycles. The maximum atomic E-state index is 13.8. The van der Waals surface area contributed by atoms with Crippen LogP contribution in [0.25, 0.3) is 0 Å². The molecule has 0 fully saturated rings. The molecule has 0 saturated heterocycles. The largest absolute Gasteiger partial charge is 0.473 e. The lowest BCUT2D eigenvalue weighted by atomic mass is 10.1. The number of halogens is 4. The summed E-state index contributed by atoms with van der Waals surface area (Å²) >= 11 is 0. The number of hydrogen-bond acceptors (Lipinski definition) is 6. The van der Waals surface area contributed by atoms with E-state index in [1.165, 1.54) is 16.7 Å². The van der Waals surface area contributed by atoms with Crippen molar-refractivity contribution >= 4 is 5.82 Å². The summed E-state index contributed by atoms with van der Waals surface area (Å²) in [6, 6.07) is 9.63. The van der Waals surface area contributed by atoms with Crippen LogP contribution < -0.4 is 20.1 Å². The predicted octanol–water partition coefficient (Wildman–Crippen LogP) is 4.09. The number of ether oxygens (including phenoxy) is 2. The van der Waals surface area contributed by atoms with E-state index in [-0.39, 0.29) is 29.4 Å². The fourth-order valence-electron chi connectivity index (χ4n) is 3.35. The maximum Gasteiger partial charge on any atom is 0.419 e. The Labute approximate surface area is 185 Å². The monoisotopic (exact) mass is 460 g/mol. The van der Waals surface area contributed by atoms with Crippen LogP contribution in [0, 0.1) is 17.1 Å². The van der Waals surface area contributed by atoms with Crippen LogP contribution in [0.2, 0.25) is 0 Å². The molecule has 0 bridgehead atoms. The minimum atomic E-state index is -4.76. The van der Waals surface area contributed by atoms with Crippen molar-refractivity contribution in [2.24, 2.45) is 0 Å². The van der Waals surface area contributed by atoms with Gasteiger partial charge in [0.2, 0.25) is 5.88 Å². The van der Waals surface area contributed by atoms with Crippen LogP contribution in [-0.2, 0) is 19.3 Å². The Balaban J connectivity index is 1.57. The molecule has 0 saturated carbocycles. The van der Waals surface area contributed by atoms with Crippen LogP contribution in [0.5, 0.6) is 17.4 Å². The number of rotatable bonds is 5. The zero-order valence-electron chi connectivity index (χ0n) is 17.2. The molecule has 0 radical (unpaired) electrons. The van der Waals surface area contributed by atoms with E-state index in [9.17, 15) is 22.4 Å². The molecule has 1 aliphatic rings. The molecule has 170 valence electrons. The maximum absolute atomic E-state index is 13.8. The molecule has 7 nitrogen and oxygen atoms in total. The fourth-order valence-corrected chi connectivity index (χ4v) is 3.35. The van der Waals surface area contributed by atoms with E-state index in [1.54, 1.807) is 19.2 Å². The molecular formula is C22H16F4N4O3. The lowest BCUT2D eigenvalue weighted by Crippen LogP contribution is -2.22. The van der Waals surface area contributed by atoms with Gasteiger partial charge in [-0.05, 0) is 29.8 Å². The minimum Gasteiger partial charge on any atom is -0.473 e. The number of nitriles is 1. The predicted molar refractivity (Wildman–Crippen MR) is 109 cm³/mol. The summed E-state index contributed by atoms with van der Waals surface area (Å²) in [6.45, 7) is 0.867. The number of alkyl halides is 3. The van der Waals surface area contributed by atoms with Gasteiger partial charge in [-0.25, -0.2) is 9.18 Å². The SMILES string of the molecule is CN1CCn2c1cc(OCc1ccc(Oc3ccc(C#N)c(F)c3)c(C(F)(F)F)c1)nc2=O. The molecule has 33 heavy (non-hydrogen) atoms. The van der Waals surface area contributed by atoms with E-state index in [0.717, 1.165) is 24.3 Å². The molecular weight excluding hydrogens is 444 g/mol. The highest BCUT2D eigenvalue weighted by molar-refractivity contribution is 5.45. The molecule has 0 amide bonds. The van der Waals surface area contributed by atoms with Gasteiger partial charge in [0.25, 0.3) is 0 Å². The van der Waals surface area contributed by atoms with Gasteiger partial charge in [0.15, 0.2) is 0 Å². The molecule has 0 N–H and O–H groups in total. The van der Waals surface area contributed by atoms with Crippen LogP contribution in [0.15, 0.2) is 47.3 Å². The Morgan fingerprint density at radius 2 is 1.94 bits per heavy atom. The zero-order chi connectivity index (χ0) is 23.8. The number of benzene rings is 2. The first-order valence-corrected chi connectivity index (χ1v) is 9.69. The molecule has 11 heteroatoms. The molecule has 0 unspecified atom stereocenters. The second-order valence-corrected chi connectivity index (χ2v) is 7.28. The summed E-state index contributed by atoms with van der Waals surface area (Å²) < 4.78 is 66.9. The van der Waals surface area contributed by atoms with E-state index < -0.39 is 29.0 Å². The molecule has 0 aliphatic carbocycles. The summed E-state index contributed by atoms with van der Waals surface area (Å²) in [5.74, 6) is -1.02. The minimum absolute atomic E-state index is 0.00180. The number of aromatic nitrogens is 2. The summed E-state index contributed by atoms with van der Waals surface area (Å²) in [5.41, 5.74) is -1.68. The van der Waals surface area contributed by atoms with Crippen molar-refractivity contribution in [3.63, 3.8) is 0 Å². The molecule has 3 aromatic rings. The number of hydrogen-bond donors (Lipinski definition) is 0. The summed E-state index contributed by atoms with van der Waals surface area (Å²) in [4.78, 5) is 17.7. The molecule has 1 aromatic heterocycles. The Hall–Kier alpha value is -4.07. The van der Waals surface area contributed by atoms with Gasteiger partial charge in [0, 0.05) is 32.3 Å². The Bertz CT molecular complexity index is 1310. The van der Waals surface area contributed by atoms with Crippen molar-refractivity contribution < 1.29 is 27.0 Å². The normalized spacial score (nSPS) is 12.9. The lowest BCUT2D eigenvalue weighted by molar-refractivity contribution is -0.138. The average molecular weight is 460 g/mol. The van der Waals surface area contributed by atoms with Gasteiger partial charge in [-0.3, -0.25) is 4.57 Å². The average Bonchev–Trinajstić information content (AvgIpc) is 3.14. The lowest BCUT2D eigenvalue weighted by Gasteiger charge is -2.16. The second-order valence-electron chi connectivity index (χ2n) is 7.28. The van der Waals surface area contributed by atoms with Gasteiger partial charge in [-0.15, -0.1) is 0 Å². The van der Waals surface area contributed by atoms with Gasteiger partial charge in [-0.2, -0.15) is 23.4 Å². The summed E-state index contributed by atoms with van der Waals surface area (Å²) in [5, 5.41) is 8.77. The highest BCUT2D eigenvalue weighted by Crippen LogP contribution is 2.39. The van der Waals surface area contributed by atoms with E-state index in [0.29, 0.717) is 18.9 Å². The van der Waals surface area contributed by atoms with Crippen molar-refractivity contribution in [2.45, 2.75) is 19.3 Å². The van der Waals surface area contributed by atoms with Crippen LogP contribution in [0.3, 0.4) is 0 Å². The smallest absolute Gasteiger partial charge is 0.419 e. The van der Waals surface area contributed by atoms with Crippen LogP contribution in [0.4, 0.5) is 23.4 Å². The summed E-state index contributed by atoms with van der Waals surface area (Å²) in [7, 11) is 1.80. The molecule has 2 aromatic carbocycles. The van der Waals surface area contributed by atoms with Crippen molar-refractivity contribution in [1.82, 2.24) is 9.55 Å². The highest BCUT2D eigenvalue weighted by Gasteiger charge is 2.35. The first kappa shape index (κ1) is 22.1. The van der Waals surface area contributed by atoms with Crippen LogP contribution >= 0.6 is 0 Å². The number of likely N-dealkylation sites (N-methyl/N-ethyl adjacent to an activating group) is 1. The highest BCUT2D eigenvalue weighted by atomic mass is 19.4. The third kappa shape index (κ3) is 4.59. The van der Waals surface area contributed by atoms with Gasteiger partial charge < -0.3 is 14.4 Å². The van der Waals surface area contributed by atoms with Crippen molar-refractivity contribution in [1.29, 1.82) is 5.26 Å². The van der Waals surface area contributed by atoms with Gasteiger partial charge in [0.05, 0.1) is 11.1 Å². The van der Waals surface area contributed by atoms with Gasteiger partial charge in [0.1, 0.15) is 35.8 Å². The third-order valence-corrected chi connectivity index (χ3v) is 5.04. The van der Waals surface area contributed by atoms with Crippen molar-refractivity contribution in [2.75, 3.05) is 18.5 Å². The van der Waals surface area contributed by atoms with Crippen molar-refractivity contribution in [3.8, 4) is 23.4 Å². The fraction of sp³-hybridized carbons (Fsp3) is 0.227. The molecule has 4 rings (SSSR count). The number of nitrogens with zero attached hydrogens (tertiary/aromatic N) is 4. The first-order chi connectivity index (χ1) is 15.7. The third-order valence-electron chi connectivity index (χ3n) is 5.04. The van der Waals surface area contributed by atoms with Crippen LogP contribution in [0.1, 0.15) is 16.7 Å². The van der Waals surface area contributed by atoms with E-state index in [1.807, 2.05) is 4.90 Å². The zero-order valence-corrected chi connectivity index (χ0v) is 17.2. The quantitative estimate of drug-likeness (QED) is 0.534. The number of fused-ring (bicyclic) bond motifs is 1. The van der Waals surface area contributed by atoms with Crippen molar-refractivity contribution in [3.05, 3.63) is 75.5 Å². The molecule has 1 aliphatic heterocycles. The molecule has 0 spiro atoms. The standard InChI is InChI=1S/C22H16F4N4O3/c1-29-6-7-30-20(29)10-19(28-21(30)31)32-12-13-2-5-18(16(8-13)22(24,25)26)33-15-4-3-14(11-27)17(23)9-15/h2-5,8-10H,6-7,12H2,1H3. The first-order valence-electron chi connectivity index (χ1n) is 9.69. The topological polar surface area (TPSA) is 80.4 Å². The Morgan fingerprint density at radius 1 is 1.15 bits per heavy atom. The second kappa shape index (κ2) is 8.46. The summed E-state index contributed by atoms with van der Waals surface area (Å²) in [6.07, 6.45) is -4.76. The van der Waals surface area contributed by atoms with Crippen LogP contribution in [-0.4, -0.2) is 23.1 Å². The van der Waals surface area contributed by atoms with Gasteiger partial charge >= 0.3 is 11.9 Å². The van der Waals surface area contributed by atoms with E-state index in [2.05, 4.69) is 4.98 Å². The molecule has 0 atom stereocenters. The Morgan fingerprint density at radius 3 is 2.64 bits per heavy atom. The van der Waals surface area contributed by atoms with E-state index in [4.69, 9.17) is 14.7 Å². The van der Waals surface area contributed by atoms with Gasteiger partial charge in [-0.1, -0.05) is 6.07 Å². The Kier molecular flexibility index (Phi) is 5.68. The number of anilines is 1. The van der Waals surface area contributed by atoms with E-state index >= 15 is 0 Å².